The fraction of sp³-hybridized carbons (Fsp3) is 0.308. The summed E-state index contributed by atoms with van der Waals surface area (Å²) in [6.45, 7) is 1.70. The van der Waals surface area contributed by atoms with Crippen molar-refractivity contribution < 1.29 is 31.8 Å². The van der Waals surface area contributed by atoms with Crippen LogP contribution in [0.1, 0.15) is 17.4 Å². The molecule has 6 nitrogen and oxygen atoms in total. The Balaban J connectivity index is 2.31. The number of aromatic amines is 1. The molecule has 0 bridgehead atoms. The van der Waals surface area contributed by atoms with E-state index in [9.17, 15) is 22.4 Å². The molecule has 0 fully saturated rings. The van der Waals surface area contributed by atoms with E-state index in [1.807, 2.05) is 0 Å². The van der Waals surface area contributed by atoms with E-state index in [0.717, 1.165) is 12.1 Å². The maximum absolute atomic E-state index is 12.9. The lowest BCUT2D eigenvalue weighted by atomic mass is 10.1. The molecule has 0 unspecified atom stereocenters. The van der Waals surface area contributed by atoms with Gasteiger partial charge in [0.15, 0.2) is 5.69 Å². The van der Waals surface area contributed by atoms with Crippen LogP contribution in [0.5, 0.6) is 5.75 Å². The molecule has 1 N–H and O–H groups in total. The molecule has 0 saturated carbocycles. The lowest BCUT2D eigenvalue weighted by Crippen LogP contribution is -2.33. The lowest BCUT2D eigenvalue weighted by molar-refractivity contribution is -0.253. The molecule has 0 aliphatic carbocycles. The van der Waals surface area contributed by atoms with Gasteiger partial charge in [0.05, 0.1) is 6.61 Å². The minimum atomic E-state index is -4.63. The zero-order chi connectivity index (χ0) is 17.0. The molecule has 23 heavy (non-hydrogen) atoms. The smallest absolute Gasteiger partial charge is 0.461 e. The second-order valence-electron chi connectivity index (χ2n) is 4.23. The van der Waals surface area contributed by atoms with E-state index in [2.05, 4.69) is 20.1 Å². The van der Waals surface area contributed by atoms with Crippen molar-refractivity contribution in [2.75, 3.05) is 6.61 Å². The molecule has 124 valence electrons. The van der Waals surface area contributed by atoms with E-state index in [4.69, 9.17) is 4.74 Å². The number of rotatable bonds is 6. The van der Waals surface area contributed by atoms with Crippen LogP contribution in [0.3, 0.4) is 0 Å². The summed E-state index contributed by atoms with van der Waals surface area (Å²) in [6, 6.07) is 4.82. The van der Waals surface area contributed by atoms with Gasteiger partial charge in [-0.1, -0.05) is 12.1 Å². The predicted molar refractivity (Wildman–Crippen MR) is 69.4 cm³/mol. The highest BCUT2D eigenvalue weighted by molar-refractivity contribution is 5.93. The summed E-state index contributed by atoms with van der Waals surface area (Å²) >= 11 is 0. The summed E-state index contributed by atoms with van der Waals surface area (Å²) in [4.78, 5) is 11.7. The molecule has 1 heterocycles. The Labute approximate surface area is 127 Å². The molecule has 1 aromatic carbocycles. The van der Waals surface area contributed by atoms with E-state index in [1.165, 1.54) is 12.1 Å². The maximum Gasteiger partial charge on any atom is 0.461 e. The summed E-state index contributed by atoms with van der Waals surface area (Å²) < 4.78 is 59.0. The first-order valence-corrected chi connectivity index (χ1v) is 6.38. The van der Waals surface area contributed by atoms with Crippen LogP contribution >= 0.6 is 0 Å². The largest absolute Gasteiger partial charge is 0.461 e. The number of nitrogens with one attached hydrogen (secondary N) is 1. The third kappa shape index (κ3) is 3.76. The second-order valence-corrected chi connectivity index (χ2v) is 4.23. The van der Waals surface area contributed by atoms with Gasteiger partial charge >= 0.3 is 18.5 Å². The highest BCUT2D eigenvalue weighted by Crippen LogP contribution is 2.30. The van der Waals surface area contributed by atoms with Gasteiger partial charge in [-0.25, -0.2) is 4.79 Å². The van der Waals surface area contributed by atoms with Crippen LogP contribution in [0.25, 0.3) is 11.3 Å². The monoisotopic (exact) mass is 333 g/mol. The van der Waals surface area contributed by atoms with Crippen LogP contribution in [-0.4, -0.2) is 40.5 Å². The van der Waals surface area contributed by atoms with Gasteiger partial charge in [0, 0.05) is 5.56 Å². The minimum Gasteiger partial charge on any atom is -0.461 e. The standard InChI is InChI=1S/C13H11F4N3O3/c1-2-22-11(21)10-9(18-20-19-10)7-4-3-5-8(6-7)23-13(16,17)12(14)15/h3-6,12H,2H2,1H3,(H,18,19,20). The number of nitrogens with zero attached hydrogens (tertiary/aromatic N) is 2. The van der Waals surface area contributed by atoms with E-state index >= 15 is 0 Å². The van der Waals surface area contributed by atoms with Crippen LogP contribution in [0.2, 0.25) is 0 Å². The lowest BCUT2D eigenvalue weighted by Gasteiger charge is -2.17. The van der Waals surface area contributed by atoms with Gasteiger partial charge < -0.3 is 9.47 Å². The van der Waals surface area contributed by atoms with Gasteiger partial charge in [-0.3, -0.25) is 0 Å². The number of H-pyrrole nitrogens is 1. The number of carbonyl (C=O) groups excluding carboxylic acids is 1. The van der Waals surface area contributed by atoms with Crippen LogP contribution in [-0.2, 0) is 4.74 Å². The Morgan fingerprint density at radius 2 is 2.09 bits per heavy atom. The van der Waals surface area contributed by atoms with Crippen molar-refractivity contribution in [3.8, 4) is 17.0 Å². The Morgan fingerprint density at radius 1 is 1.35 bits per heavy atom. The Hall–Kier alpha value is -2.65. The van der Waals surface area contributed by atoms with Crippen molar-refractivity contribution in [1.29, 1.82) is 0 Å². The first-order valence-electron chi connectivity index (χ1n) is 6.38. The Morgan fingerprint density at radius 3 is 2.74 bits per heavy atom. The first kappa shape index (κ1) is 16.7. The fourth-order valence-corrected chi connectivity index (χ4v) is 1.68. The maximum atomic E-state index is 12.9. The number of aromatic nitrogens is 3. The number of hydrogen-bond acceptors (Lipinski definition) is 5. The molecule has 0 saturated heterocycles. The number of esters is 1. The molecular formula is C13H11F4N3O3. The number of hydrogen-bond donors (Lipinski definition) is 1. The van der Waals surface area contributed by atoms with Gasteiger partial charge in [-0.05, 0) is 19.1 Å². The molecule has 1 aromatic heterocycles. The predicted octanol–water partition coefficient (Wildman–Crippen LogP) is 2.89. The van der Waals surface area contributed by atoms with Crippen LogP contribution in [0, 0.1) is 0 Å². The van der Waals surface area contributed by atoms with Gasteiger partial charge in [0.2, 0.25) is 0 Å². The SMILES string of the molecule is CCOC(=O)c1n[nH]nc1-c1cccc(OC(F)(F)C(F)F)c1. The number of alkyl halides is 4. The van der Waals surface area contributed by atoms with Crippen LogP contribution < -0.4 is 4.74 Å². The number of ether oxygens (including phenoxy) is 2. The van der Waals surface area contributed by atoms with Crippen molar-refractivity contribution in [3.05, 3.63) is 30.0 Å². The molecule has 2 rings (SSSR count). The second kappa shape index (κ2) is 6.63. The van der Waals surface area contributed by atoms with Gasteiger partial charge in [-0.15, -0.1) is 5.10 Å². The average molecular weight is 333 g/mol. The first-order chi connectivity index (χ1) is 10.8. The average Bonchev–Trinajstić information content (AvgIpc) is 2.96. The molecule has 10 heteroatoms. The zero-order valence-electron chi connectivity index (χ0n) is 11.7. The van der Waals surface area contributed by atoms with E-state index < -0.39 is 24.3 Å². The minimum absolute atomic E-state index is 0.0225. The normalized spacial score (nSPS) is 11.6. The molecule has 0 amide bonds. The quantitative estimate of drug-likeness (QED) is 0.650. The van der Waals surface area contributed by atoms with Gasteiger partial charge in [0.1, 0.15) is 11.4 Å². The highest BCUT2D eigenvalue weighted by Gasteiger charge is 2.44. The topological polar surface area (TPSA) is 77.1 Å². The van der Waals surface area contributed by atoms with Crippen LogP contribution in [0.15, 0.2) is 24.3 Å². The molecule has 2 aromatic rings. The Bertz CT molecular complexity index is 691. The summed E-state index contributed by atoms with van der Waals surface area (Å²) in [5, 5.41) is 9.57. The van der Waals surface area contributed by atoms with Gasteiger partial charge in [0.25, 0.3) is 0 Å². The van der Waals surface area contributed by atoms with Crippen molar-refractivity contribution >= 4 is 5.97 Å². The van der Waals surface area contributed by atoms with Crippen molar-refractivity contribution in [1.82, 2.24) is 15.4 Å². The van der Waals surface area contributed by atoms with Crippen molar-refractivity contribution in [3.63, 3.8) is 0 Å². The molecular weight excluding hydrogens is 322 g/mol. The van der Waals surface area contributed by atoms with Crippen LogP contribution in [0.4, 0.5) is 17.6 Å². The molecule has 0 atom stereocenters. The highest BCUT2D eigenvalue weighted by atomic mass is 19.3. The molecule has 0 aliphatic heterocycles. The molecule has 0 aliphatic rings. The summed E-state index contributed by atoms with van der Waals surface area (Å²) in [5.41, 5.74) is 0.0308. The summed E-state index contributed by atoms with van der Waals surface area (Å²) in [7, 11) is 0. The number of benzene rings is 1. The fourth-order valence-electron chi connectivity index (χ4n) is 1.68. The number of halogens is 4. The van der Waals surface area contributed by atoms with E-state index in [-0.39, 0.29) is 23.6 Å². The van der Waals surface area contributed by atoms with E-state index in [0.29, 0.717) is 0 Å². The van der Waals surface area contributed by atoms with Crippen molar-refractivity contribution in [2.45, 2.75) is 19.5 Å². The van der Waals surface area contributed by atoms with E-state index in [1.54, 1.807) is 6.92 Å². The third-order valence-corrected chi connectivity index (χ3v) is 2.63. The third-order valence-electron chi connectivity index (χ3n) is 2.63. The summed E-state index contributed by atoms with van der Waals surface area (Å²) in [5.74, 6) is -1.27. The van der Waals surface area contributed by atoms with Crippen molar-refractivity contribution in [2.24, 2.45) is 0 Å². The Kier molecular flexibility index (Phi) is 4.82. The number of carbonyl (C=O) groups is 1. The summed E-state index contributed by atoms with van der Waals surface area (Å²) in [6.07, 6.45) is -8.61. The van der Waals surface area contributed by atoms with Gasteiger partial charge in [-0.2, -0.15) is 27.9 Å². The zero-order valence-corrected chi connectivity index (χ0v) is 11.7. The molecule has 0 radical (unpaired) electrons. The molecule has 0 spiro atoms.